The van der Waals surface area contributed by atoms with E-state index in [0.717, 1.165) is 16.7 Å². The lowest BCUT2D eigenvalue weighted by molar-refractivity contribution is 0.0874. The molecule has 2 nitrogen and oxygen atoms in total. The van der Waals surface area contributed by atoms with Crippen molar-refractivity contribution in [3.63, 3.8) is 0 Å². The van der Waals surface area contributed by atoms with Crippen molar-refractivity contribution in [3.05, 3.63) is 69.8 Å². The van der Waals surface area contributed by atoms with Crippen LogP contribution in [0.25, 0.3) is 0 Å². The predicted octanol–water partition coefficient (Wildman–Crippen LogP) is 4.41. The predicted molar refractivity (Wildman–Crippen MR) is 92.6 cm³/mol. The molecule has 2 rings (SSSR count). The van der Waals surface area contributed by atoms with Crippen LogP contribution < -0.4 is 0 Å². The molecule has 0 aliphatic rings. The van der Waals surface area contributed by atoms with Crippen molar-refractivity contribution in [2.45, 2.75) is 33.7 Å². The molecule has 0 aliphatic heterocycles. The van der Waals surface area contributed by atoms with Crippen LogP contribution in [-0.2, 0) is 0 Å². The van der Waals surface area contributed by atoms with E-state index in [1.54, 1.807) is 0 Å². The van der Waals surface area contributed by atoms with Crippen LogP contribution in [-0.4, -0.2) is 24.8 Å². The van der Waals surface area contributed by atoms with Crippen LogP contribution in [0.1, 0.15) is 44.2 Å². The minimum atomic E-state index is -0.249. The van der Waals surface area contributed by atoms with Gasteiger partial charge in [0.1, 0.15) is 0 Å². The van der Waals surface area contributed by atoms with Gasteiger partial charge in [-0.1, -0.05) is 30.3 Å². The largest absolute Gasteiger partial charge is 0.296 e. The van der Waals surface area contributed by atoms with Gasteiger partial charge in [-0.3, -0.25) is 9.69 Å². The van der Waals surface area contributed by atoms with E-state index in [2.05, 4.69) is 20.8 Å². The maximum atomic E-state index is 13.2. The first-order valence-corrected chi connectivity index (χ1v) is 7.67. The second-order valence-corrected chi connectivity index (χ2v) is 6.26. The number of aryl methyl sites for hydroxylation is 1. The molecule has 0 aliphatic carbocycles. The number of ketones is 1. The first-order valence-electron chi connectivity index (χ1n) is 7.67. The summed E-state index contributed by atoms with van der Waals surface area (Å²) >= 11 is 0. The topological polar surface area (TPSA) is 20.3 Å². The molecule has 0 bridgehead atoms. The quantitative estimate of drug-likeness (QED) is 0.779. The lowest BCUT2D eigenvalue weighted by Crippen LogP contribution is -2.28. The van der Waals surface area contributed by atoms with Crippen LogP contribution in [0.4, 0.5) is 0 Å². The highest BCUT2D eigenvalue weighted by molar-refractivity contribution is 6.02. The minimum Gasteiger partial charge on any atom is -0.296 e. The summed E-state index contributed by atoms with van der Waals surface area (Å²) in [4.78, 5) is 15.2. The Balaban J connectivity index is 2.54. The number of hydrogen-bond acceptors (Lipinski definition) is 2. The molecule has 2 aromatic rings. The molecule has 0 saturated carbocycles. The number of carbonyl (C=O) groups excluding carboxylic acids is 1. The summed E-state index contributed by atoms with van der Waals surface area (Å²) in [7, 11) is 3.91. The monoisotopic (exact) mass is 295 g/mol. The third-order valence-corrected chi connectivity index (χ3v) is 4.63. The van der Waals surface area contributed by atoms with E-state index >= 15 is 0 Å². The minimum absolute atomic E-state index is 0.167. The van der Waals surface area contributed by atoms with Gasteiger partial charge in [0.25, 0.3) is 0 Å². The Labute approximate surface area is 133 Å². The fourth-order valence-electron chi connectivity index (χ4n) is 2.93. The number of carbonyl (C=O) groups is 1. The Hall–Kier alpha value is -1.93. The van der Waals surface area contributed by atoms with Gasteiger partial charge in [0, 0.05) is 5.56 Å². The van der Waals surface area contributed by atoms with Gasteiger partial charge in [-0.15, -0.1) is 0 Å². The zero-order valence-corrected chi connectivity index (χ0v) is 14.4. The van der Waals surface area contributed by atoms with Gasteiger partial charge in [0.05, 0.1) is 6.04 Å². The van der Waals surface area contributed by atoms with Crippen LogP contribution in [0, 0.1) is 27.7 Å². The van der Waals surface area contributed by atoms with Crippen molar-refractivity contribution >= 4 is 5.78 Å². The fraction of sp³-hybridized carbons (Fsp3) is 0.350. The van der Waals surface area contributed by atoms with Crippen molar-refractivity contribution in [1.82, 2.24) is 4.90 Å². The summed E-state index contributed by atoms with van der Waals surface area (Å²) in [6, 6.07) is 11.8. The smallest absolute Gasteiger partial charge is 0.184 e. The molecule has 2 aromatic carbocycles. The van der Waals surface area contributed by atoms with Crippen LogP contribution >= 0.6 is 0 Å². The molecular weight excluding hydrogens is 270 g/mol. The van der Waals surface area contributed by atoms with E-state index in [0.29, 0.717) is 0 Å². The van der Waals surface area contributed by atoms with Crippen LogP contribution in [0.2, 0.25) is 0 Å². The average Bonchev–Trinajstić information content (AvgIpc) is 2.49. The molecule has 22 heavy (non-hydrogen) atoms. The second-order valence-electron chi connectivity index (χ2n) is 6.26. The van der Waals surface area contributed by atoms with Gasteiger partial charge in [0.2, 0.25) is 0 Å². The molecule has 0 amide bonds. The highest BCUT2D eigenvalue weighted by Crippen LogP contribution is 2.28. The van der Waals surface area contributed by atoms with E-state index in [4.69, 9.17) is 0 Å². The molecule has 116 valence electrons. The van der Waals surface area contributed by atoms with Crippen molar-refractivity contribution in [2.24, 2.45) is 0 Å². The molecule has 2 heteroatoms. The Kier molecular flexibility index (Phi) is 4.82. The van der Waals surface area contributed by atoms with E-state index < -0.39 is 0 Å². The van der Waals surface area contributed by atoms with Crippen molar-refractivity contribution < 1.29 is 4.79 Å². The SMILES string of the molecule is Cc1cc(C(=O)C(c2ccccc2)N(C)C)c(C)c(C)c1C. The number of Topliss-reactive ketones (excluding diaryl/α,β-unsaturated/α-hetero) is 1. The zero-order chi connectivity index (χ0) is 16.4. The van der Waals surface area contributed by atoms with Gasteiger partial charge in [-0.05, 0) is 75.7 Å². The molecule has 1 atom stereocenters. The van der Waals surface area contributed by atoms with Gasteiger partial charge in [0.15, 0.2) is 5.78 Å². The Morgan fingerprint density at radius 2 is 1.50 bits per heavy atom. The number of hydrogen-bond donors (Lipinski definition) is 0. The van der Waals surface area contributed by atoms with Gasteiger partial charge in [-0.25, -0.2) is 0 Å². The van der Waals surface area contributed by atoms with E-state index in [1.165, 1.54) is 16.7 Å². The normalized spacial score (nSPS) is 12.5. The highest BCUT2D eigenvalue weighted by atomic mass is 16.1. The Morgan fingerprint density at radius 3 is 2.05 bits per heavy atom. The zero-order valence-electron chi connectivity index (χ0n) is 14.4. The second kappa shape index (κ2) is 6.45. The average molecular weight is 295 g/mol. The number of nitrogens with zero attached hydrogens (tertiary/aromatic N) is 1. The third-order valence-electron chi connectivity index (χ3n) is 4.63. The summed E-state index contributed by atoms with van der Waals surface area (Å²) in [5.74, 6) is 0.167. The summed E-state index contributed by atoms with van der Waals surface area (Å²) in [6.07, 6.45) is 0. The standard InChI is InChI=1S/C20H25NO/c1-13-12-18(16(4)15(3)14(13)2)20(22)19(21(5)6)17-10-8-7-9-11-17/h7-12,19H,1-6H3. The van der Waals surface area contributed by atoms with E-state index in [9.17, 15) is 4.79 Å². The molecule has 1 unspecified atom stereocenters. The highest BCUT2D eigenvalue weighted by Gasteiger charge is 2.26. The molecule has 0 fully saturated rings. The van der Waals surface area contributed by atoms with Crippen LogP contribution in [0.5, 0.6) is 0 Å². The van der Waals surface area contributed by atoms with Crippen LogP contribution in [0.15, 0.2) is 36.4 Å². The fourth-order valence-corrected chi connectivity index (χ4v) is 2.93. The molecule has 0 saturated heterocycles. The number of likely N-dealkylation sites (N-methyl/N-ethyl adjacent to an activating group) is 1. The first kappa shape index (κ1) is 16.4. The van der Waals surface area contributed by atoms with Gasteiger partial charge in [-0.2, -0.15) is 0 Å². The Morgan fingerprint density at radius 1 is 0.909 bits per heavy atom. The van der Waals surface area contributed by atoms with Crippen molar-refractivity contribution in [1.29, 1.82) is 0 Å². The summed E-state index contributed by atoms with van der Waals surface area (Å²) < 4.78 is 0. The molecule has 0 N–H and O–H groups in total. The lowest BCUT2D eigenvalue weighted by atomic mass is 9.88. The van der Waals surface area contributed by atoms with Crippen LogP contribution in [0.3, 0.4) is 0 Å². The summed E-state index contributed by atoms with van der Waals surface area (Å²) in [5, 5.41) is 0. The summed E-state index contributed by atoms with van der Waals surface area (Å²) in [5.41, 5.74) is 6.63. The van der Waals surface area contributed by atoms with E-state index in [1.807, 2.05) is 62.3 Å². The van der Waals surface area contributed by atoms with Gasteiger partial charge < -0.3 is 0 Å². The van der Waals surface area contributed by atoms with Crippen molar-refractivity contribution in [2.75, 3.05) is 14.1 Å². The molecule has 0 heterocycles. The number of rotatable bonds is 4. The molecule has 0 radical (unpaired) electrons. The molecular formula is C20H25NO. The van der Waals surface area contributed by atoms with Crippen molar-refractivity contribution in [3.8, 4) is 0 Å². The maximum absolute atomic E-state index is 13.2. The first-order chi connectivity index (χ1) is 10.3. The maximum Gasteiger partial charge on any atom is 0.184 e. The summed E-state index contributed by atoms with van der Waals surface area (Å²) in [6.45, 7) is 8.34. The number of benzene rings is 2. The Bertz CT molecular complexity index is 687. The lowest BCUT2D eigenvalue weighted by Gasteiger charge is -2.25. The molecule has 0 aromatic heterocycles. The van der Waals surface area contributed by atoms with Gasteiger partial charge >= 0.3 is 0 Å². The van der Waals surface area contributed by atoms with E-state index in [-0.39, 0.29) is 11.8 Å². The molecule has 0 spiro atoms. The third kappa shape index (κ3) is 2.97.